The van der Waals surface area contributed by atoms with Gasteiger partial charge in [0.25, 0.3) is 0 Å². The Morgan fingerprint density at radius 3 is 3.50 bits per heavy atom. The molecule has 0 saturated carbocycles. The molecule has 0 spiro atoms. The van der Waals surface area contributed by atoms with Crippen LogP contribution in [-0.4, -0.2) is 4.98 Å². The molecule has 2 heterocycles. The van der Waals surface area contributed by atoms with Gasteiger partial charge in [0, 0.05) is 17.8 Å². The molecular weight excluding hydrogens is 118 g/mol. The van der Waals surface area contributed by atoms with Gasteiger partial charge in [-0.25, -0.2) is 0 Å². The second-order valence-electron chi connectivity index (χ2n) is 1.64. The van der Waals surface area contributed by atoms with Gasteiger partial charge in [-0.3, -0.25) is 0 Å². The van der Waals surface area contributed by atoms with Crippen molar-refractivity contribution in [3.05, 3.63) is 23.8 Å². The van der Waals surface area contributed by atoms with E-state index in [1.807, 2.05) is 18.5 Å². The van der Waals surface area contributed by atoms with E-state index in [0.717, 1.165) is 5.39 Å². The van der Waals surface area contributed by atoms with Crippen LogP contribution in [0.1, 0.15) is 1.37 Å². The molecule has 0 aliphatic heterocycles. The zero-order chi connectivity index (χ0) is 6.27. The molecule has 1 nitrogen and oxygen atoms in total. The van der Waals surface area contributed by atoms with Gasteiger partial charge in [0.1, 0.15) is 0 Å². The number of aromatic amines is 1. The molecule has 0 saturated heterocycles. The predicted molar refractivity (Wildman–Crippen MR) is 36.2 cm³/mol. The normalized spacial score (nSPS) is 12.2. The largest absolute Gasteiger partial charge is 0.366 e. The summed E-state index contributed by atoms with van der Waals surface area (Å²) in [6.45, 7) is 0. The number of hydrogen-bond acceptors (Lipinski definition) is 1. The van der Waals surface area contributed by atoms with Gasteiger partial charge in [-0.2, -0.15) is 0 Å². The molecule has 8 heavy (non-hydrogen) atoms. The van der Waals surface area contributed by atoms with Crippen LogP contribution in [0.4, 0.5) is 0 Å². The summed E-state index contributed by atoms with van der Waals surface area (Å²) >= 11 is 1.49. The Hall–Kier alpha value is -0.760. The molecule has 2 heteroatoms. The van der Waals surface area contributed by atoms with Crippen LogP contribution in [0, 0.1) is 0 Å². The van der Waals surface area contributed by atoms with Crippen LogP contribution in [0.15, 0.2) is 23.8 Å². The standard InChI is InChI=1S/C6H5NS/c1-2-8-6-4-7-3-5(1)6/h1-4,7H/i2D. The van der Waals surface area contributed by atoms with Gasteiger partial charge in [0.2, 0.25) is 0 Å². The van der Waals surface area contributed by atoms with Crippen molar-refractivity contribution in [1.82, 2.24) is 4.98 Å². The molecule has 2 rings (SSSR count). The summed E-state index contributed by atoms with van der Waals surface area (Å²) in [5, 5.41) is 1.78. The summed E-state index contributed by atoms with van der Waals surface area (Å²) in [5.74, 6) is 0. The minimum Gasteiger partial charge on any atom is -0.366 e. The minimum absolute atomic E-state index is 0.633. The minimum atomic E-state index is 0.633. The van der Waals surface area contributed by atoms with Crippen molar-refractivity contribution in [1.29, 1.82) is 0 Å². The molecule has 0 bridgehead atoms. The van der Waals surface area contributed by atoms with E-state index in [-0.39, 0.29) is 0 Å². The van der Waals surface area contributed by atoms with Gasteiger partial charge in [0.05, 0.1) is 6.07 Å². The van der Waals surface area contributed by atoms with Gasteiger partial charge >= 0.3 is 0 Å². The average Bonchev–Trinajstić information content (AvgIpc) is 2.22. The van der Waals surface area contributed by atoms with E-state index in [2.05, 4.69) is 4.98 Å². The van der Waals surface area contributed by atoms with E-state index in [0.29, 0.717) is 5.36 Å². The predicted octanol–water partition coefficient (Wildman–Crippen LogP) is 2.23. The van der Waals surface area contributed by atoms with E-state index in [1.54, 1.807) is 0 Å². The highest BCUT2D eigenvalue weighted by molar-refractivity contribution is 7.17. The number of hydrogen-bond donors (Lipinski definition) is 1. The third-order valence-electron chi connectivity index (χ3n) is 1.12. The Bertz CT molecular complexity index is 294. The smallest absolute Gasteiger partial charge is 0.0740 e. The molecule has 0 aliphatic carbocycles. The molecular formula is C6H5NS. The van der Waals surface area contributed by atoms with Crippen molar-refractivity contribution in [2.75, 3.05) is 0 Å². The van der Waals surface area contributed by atoms with Crippen molar-refractivity contribution in [3.8, 4) is 0 Å². The summed E-state index contributed by atoms with van der Waals surface area (Å²) in [4.78, 5) is 2.97. The van der Waals surface area contributed by atoms with Crippen LogP contribution >= 0.6 is 11.3 Å². The van der Waals surface area contributed by atoms with Crippen molar-refractivity contribution in [2.45, 2.75) is 0 Å². The van der Waals surface area contributed by atoms with Crippen LogP contribution in [0.5, 0.6) is 0 Å². The first-order chi connectivity index (χ1) is 4.36. The number of nitrogens with one attached hydrogen (secondary N) is 1. The van der Waals surface area contributed by atoms with Crippen LogP contribution in [0.2, 0.25) is 0 Å². The van der Waals surface area contributed by atoms with Crippen molar-refractivity contribution < 1.29 is 1.37 Å². The van der Waals surface area contributed by atoms with E-state index in [9.17, 15) is 0 Å². The van der Waals surface area contributed by atoms with Gasteiger partial charge < -0.3 is 4.98 Å². The second-order valence-corrected chi connectivity index (χ2v) is 2.52. The Kier molecular flexibility index (Phi) is 0.560. The van der Waals surface area contributed by atoms with Crippen LogP contribution in [0.25, 0.3) is 10.1 Å². The summed E-state index contributed by atoms with van der Waals surface area (Å²) in [7, 11) is 0. The monoisotopic (exact) mass is 124 g/mol. The van der Waals surface area contributed by atoms with Crippen molar-refractivity contribution in [2.24, 2.45) is 0 Å². The first kappa shape index (κ1) is 3.30. The summed E-state index contributed by atoms with van der Waals surface area (Å²) in [6.07, 6.45) is 3.82. The molecule has 0 aliphatic rings. The number of fused-ring (bicyclic) bond motifs is 1. The lowest BCUT2D eigenvalue weighted by Gasteiger charge is -1.63. The van der Waals surface area contributed by atoms with Gasteiger partial charge in [-0.1, -0.05) is 0 Å². The topological polar surface area (TPSA) is 15.8 Å². The molecule has 2 aromatic heterocycles. The average molecular weight is 124 g/mol. The Balaban J connectivity index is 2.92. The highest BCUT2D eigenvalue weighted by atomic mass is 32.1. The molecule has 1 N–H and O–H groups in total. The maximum absolute atomic E-state index is 7.24. The van der Waals surface area contributed by atoms with Gasteiger partial charge in [-0.15, -0.1) is 11.3 Å². The molecule has 0 amide bonds. The number of H-pyrrole nitrogens is 1. The maximum Gasteiger partial charge on any atom is 0.0740 e. The lowest BCUT2D eigenvalue weighted by molar-refractivity contribution is 1.43. The third kappa shape index (κ3) is 0.406. The SMILES string of the molecule is [2H]c1cc2c[nH]cc2s1. The Morgan fingerprint density at radius 1 is 1.62 bits per heavy atom. The van der Waals surface area contributed by atoms with E-state index in [1.165, 1.54) is 16.0 Å². The summed E-state index contributed by atoms with van der Waals surface area (Å²) in [5.41, 5.74) is 0. The molecule has 0 atom stereocenters. The summed E-state index contributed by atoms with van der Waals surface area (Å²) < 4.78 is 8.41. The van der Waals surface area contributed by atoms with Crippen molar-refractivity contribution in [3.63, 3.8) is 0 Å². The Morgan fingerprint density at radius 2 is 2.62 bits per heavy atom. The molecule has 0 aromatic carbocycles. The highest BCUT2D eigenvalue weighted by Crippen LogP contribution is 2.18. The molecule has 0 fully saturated rings. The highest BCUT2D eigenvalue weighted by Gasteiger charge is 1.89. The Labute approximate surface area is 52.4 Å². The first-order valence-electron chi connectivity index (χ1n) is 2.89. The van der Waals surface area contributed by atoms with E-state index in [4.69, 9.17) is 1.37 Å². The van der Waals surface area contributed by atoms with Crippen molar-refractivity contribution >= 4 is 21.4 Å². The fourth-order valence-electron chi connectivity index (χ4n) is 0.719. The van der Waals surface area contributed by atoms with Gasteiger partial charge in [-0.05, 0) is 11.4 Å². The third-order valence-corrected chi connectivity index (χ3v) is 1.93. The number of thiophene rings is 1. The summed E-state index contributed by atoms with van der Waals surface area (Å²) in [6, 6.07) is 1.86. The van der Waals surface area contributed by atoms with E-state index >= 15 is 0 Å². The fourth-order valence-corrected chi connectivity index (χ4v) is 1.39. The first-order valence-corrected chi connectivity index (χ1v) is 3.21. The molecule has 0 unspecified atom stereocenters. The van der Waals surface area contributed by atoms with E-state index < -0.39 is 0 Å². The zero-order valence-corrected chi connectivity index (χ0v) is 4.96. The van der Waals surface area contributed by atoms with Gasteiger partial charge in [0.15, 0.2) is 0 Å². The van der Waals surface area contributed by atoms with Crippen LogP contribution < -0.4 is 0 Å². The number of aromatic nitrogens is 1. The second kappa shape index (κ2) is 1.36. The maximum atomic E-state index is 7.24. The van der Waals surface area contributed by atoms with Crippen LogP contribution in [-0.2, 0) is 0 Å². The lowest BCUT2D eigenvalue weighted by Crippen LogP contribution is -1.43. The molecule has 40 valence electrons. The van der Waals surface area contributed by atoms with Crippen LogP contribution in [0.3, 0.4) is 0 Å². The lowest BCUT2D eigenvalue weighted by atomic mass is 10.4. The molecule has 0 radical (unpaired) electrons. The number of rotatable bonds is 0. The quantitative estimate of drug-likeness (QED) is 0.554. The fraction of sp³-hybridized carbons (Fsp3) is 0. The molecule has 2 aromatic rings. The zero-order valence-electron chi connectivity index (χ0n) is 5.14.